The molecule has 20 heavy (non-hydrogen) atoms. The van der Waals surface area contributed by atoms with Crippen molar-refractivity contribution in [3.8, 4) is 0 Å². The summed E-state index contributed by atoms with van der Waals surface area (Å²) in [6.07, 6.45) is 4.90. The van der Waals surface area contributed by atoms with Crippen LogP contribution in [0.4, 0.5) is 0 Å². The van der Waals surface area contributed by atoms with E-state index in [0.29, 0.717) is 12.5 Å². The number of benzene rings is 1. The number of aromatic nitrogens is 2. The highest BCUT2D eigenvalue weighted by molar-refractivity contribution is 9.10. The third kappa shape index (κ3) is 2.62. The normalized spacial score (nSPS) is 15.9. The molecule has 1 saturated carbocycles. The number of aromatic amines is 1. The maximum atomic E-state index is 12.3. The van der Waals surface area contributed by atoms with E-state index in [2.05, 4.69) is 46.2 Å². The van der Waals surface area contributed by atoms with Gasteiger partial charge in [-0.15, -0.1) is 0 Å². The lowest BCUT2D eigenvalue weighted by Gasteiger charge is -2.07. The minimum absolute atomic E-state index is 0.0495. The fourth-order valence-electron chi connectivity index (χ4n) is 3.07. The molecule has 0 amide bonds. The van der Waals surface area contributed by atoms with E-state index in [9.17, 15) is 4.79 Å². The number of hydrogen-bond donors (Lipinski definition) is 1. The minimum atomic E-state index is 0.0495. The lowest BCUT2D eigenvalue weighted by molar-refractivity contribution is 0.618. The van der Waals surface area contributed by atoms with Gasteiger partial charge in [0.2, 0.25) is 0 Å². The highest BCUT2D eigenvalue weighted by atomic mass is 79.9. The van der Waals surface area contributed by atoms with Crippen molar-refractivity contribution in [2.45, 2.75) is 45.1 Å². The Morgan fingerprint density at radius 3 is 2.80 bits per heavy atom. The molecule has 0 unspecified atom stereocenters. The van der Waals surface area contributed by atoms with E-state index in [1.807, 2.05) is 6.07 Å². The molecule has 1 fully saturated rings. The van der Waals surface area contributed by atoms with Crippen molar-refractivity contribution in [2.24, 2.45) is 0 Å². The van der Waals surface area contributed by atoms with Gasteiger partial charge in [0.25, 0.3) is 5.56 Å². The van der Waals surface area contributed by atoms with E-state index < -0.39 is 0 Å². The molecule has 3 rings (SSSR count). The lowest BCUT2D eigenvalue weighted by Crippen LogP contribution is -2.17. The van der Waals surface area contributed by atoms with Crippen molar-refractivity contribution < 1.29 is 0 Å². The van der Waals surface area contributed by atoms with E-state index in [1.165, 1.54) is 31.2 Å². The molecule has 0 spiro atoms. The maximum Gasteiger partial charge on any atom is 0.281 e. The van der Waals surface area contributed by atoms with Gasteiger partial charge < -0.3 is 0 Å². The Balaban J connectivity index is 1.90. The molecular formula is C16H19BrN2O. The molecule has 1 aromatic carbocycles. The van der Waals surface area contributed by atoms with Crippen LogP contribution in [-0.2, 0) is 6.54 Å². The third-order valence-corrected chi connectivity index (χ3v) is 4.88. The number of nitrogens with one attached hydrogen (secondary N) is 1. The summed E-state index contributed by atoms with van der Waals surface area (Å²) in [6, 6.07) is 8.28. The molecule has 0 radical (unpaired) electrons. The zero-order valence-corrected chi connectivity index (χ0v) is 13.2. The van der Waals surface area contributed by atoms with Gasteiger partial charge in [0, 0.05) is 5.92 Å². The summed E-state index contributed by atoms with van der Waals surface area (Å²) >= 11 is 3.47. The second kappa shape index (κ2) is 5.60. The smallest absolute Gasteiger partial charge is 0.281 e. The molecule has 1 aliphatic rings. The predicted molar refractivity (Wildman–Crippen MR) is 84.2 cm³/mol. The number of nitrogens with zero attached hydrogens (tertiary/aromatic N) is 1. The first-order valence-corrected chi connectivity index (χ1v) is 7.98. The van der Waals surface area contributed by atoms with Crippen molar-refractivity contribution in [2.75, 3.05) is 0 Å². The van der Waals surface area contributed by atoms with Crippen LogP contribution >= 0.6 is 15.9 Å². The van der Waals surface area contributed by atoms with Gasteiger partial charge in [-0.1, -0.05) is 42.7 Å². The average Bonchev–Trinajstić information content (AvgIpc) is 3.03. The van der Waals surface area contributed by atoms with Crippen LogP contribution < -0.4 is 5.56 Å². The van der Waals surface area contributed by atoms with Crippen molar-refractivity contribution in [1.82, 2.24) is 9.78 Å². The zero-order chi connectivity index (χ0) is 14.1. The van der Waals surface area contributed by atoms with Crippen molar-refractivity contribution in [3.05, 3.63) is 55.9 Å². The Kier molecular flexibility index (Phi) is 3.83. The van der Waals surface area contributed by atoms with Crippen molar-refractivity contribution in [3.63, 3.8) is 0 Å². The molecule has 1 N–H and O–H groups in total. The Hall–Kier alpha value is -1.29. The van der Waals surface area contributed by atoms with E-state index in [-0.39, 0.29) is 5.56 Å². The summed E-state index contributed by atoms with van der Waals surface area (Å²) in [4.78, 5) is 12.3. The minimum Gasteiger partial charge on any atom is -0.298 e. The van der Waals surface area contributed by atoms with E-state index in [4.69, 9.17) is 0 Å². The Bertz CT molecular complexity index is 665. The number of halogens is 1. The van der Waals surface area contributed by atoms with Crippen molar-refractivity contribution >= 4 is 15.9 Å². The molecule has 4 heteroatoms. The van der Waals surface area contributed by atoms with Crippen LogP contribution in [0, 0.1) is 6.92 Å². The molecule has 0 bridgehead atoms. The number of hydrogen-bond acceptors (Lipinski definition) is 1. The quantitative estimate of drug-likeness (QED) is 0.906. The summed E-state index contributed by atoms with van der Waals surface area (Å²) in [5.41, 5.74) is 3.50. The van der Waals surface area contributed by atoms with Crippen molar-refractivity contribution in [1.29, 1.82) is 0 Å². The van der Waals surface area contributed by atoms with E-state index in [1.54, 1.807) is 4.68 Å². The Labute approximate surface area is 127 Å². The van der Waals surface area contributed by atoms with Gasteiger partial charge in [0.1, 0.15) is 4.47 Å². The van der Waals surface area contributed by atoms with Crippen LogP contribution in [0.25, 0.3) is 0 Å². The van der Waals surface area contributed by atoms with Crippen LogP contribution in [0.1, 0.15) is 48.4 Å². The maximum absolute atomic E-state index is 12.3. The molecule has 0 atom stereocenters. The fraction of sp³-hybridized carbons (Fsp3) is 0.438. The van der Waals surface area contributed by atoms with Crippen LogP contribution in [0.5, 0.6) is 0 Å². The average molecular weight is 335 g/mol. The van der Waals surface area contributed by atoms with E-state index >= 15 is 0 Å². The summed E-state index contributed by atoms with van der Waals surface area (Å²) < 4.78 is 2.43. The van der Waals surface area contributed by atoms with Gasteiger partial charge in [-0.05, 0) is 41.3 Å². The van der Waals surface area contributed by atoms with Gasteiger partial charge in [-0.25, -0.2) is 4.68 Å². The SMILES string of the molecule is Cc1cccc(Cn2[nH]c(C3CCCC3)c(Br)c2=O)c1. The first-order valence-electron chi connectivity index (χ1n) is 7.19. The Morgan fingerprint density at radius 1 is 1.35 bits per heavy atom. The first-order chi connectivity index (χ1) is 9.65. The van der Waals surface area contributed by atoms with Gasteiger partial charge >= 0.3 is 0 Å². The first kappa shape index (κ1) is 13.7. The molecule has 1 aromatic heterocycles. The molecule has 106 valence electrons. The lowest BCUT2D eigenvalue weighted by atomic mass is 10.1. The summed E-state index contributed by atoms with van der Waals surface area (Å²) in [5.74, 6) is 0.510. The van der Waals surface area contributed by atoms with Gasteiger partial charge in [0.15, 0.2) is 0 Å². The van der Waals surface area contributed by atoms with E-state index in [0.717, 1.165) is 15.7 Å². The highest BCUT2D eigenvalue weighted by Gasteiger charge is 2.23. The van der Waals surface area contributed by atoms with Crippen LogP contribution in [0.2, 0.25) is 0 Å². The molecule has 0 aliphatic heterocycles. The number of rotatable bonds is 3. The second-order valence-electron chi connectivity index (χ2n) is 5.70. The summed E-state index contributed by atoms with van der Waals surface area (Å²) in [5, 5.41) is 3.32. The molecule has 0 saturated heterocycles. The molecule has 1 aliphatic carbocycles. The van der Waals surface area contributed by atoms with Gasteiger partial charge in [-0.3, -0.25) is 9.89 Å². The van der Waals surface area contributed by atoms with Crippen LogP contribution in [-0.4, -0.2) is 9.78 Å². The summed E-state index contributed by atoms with van der Waals surface area (Å²) in [6.45, 7) is 2.67. The third-order valence-electron chi connectivity index (χ3n) is 4.11. The fourth-order valence-corrected chi connectivity index (χ4v) is 3.69. The van der Waals surface area contributed by atoms with Gasteiger partial charge in [-0.2, -0.15) is 0 Å². The Morgan fingerprint density at radius 2 is 2.10 bits per heavy atom. The topological polar surface area (TPSA) is 37.8 Å². The second-order valence-corrected chi connectivity index (χ2v) is 6.49. The predicted octanol–water partition coefficient (Wildman–Crippen LogP) is 3.95. The standard InChI is InChI=1S/C16H19BrN2O/c1-11-5-4-6-12(9-11)10-19-16(20)14(17)15(18-19)13-7-2-3-8-13/h4-6,9,13,18H,2-3,7-8,10H2,1H3. The molecule has 2 aromatic rings. The summed E-state index contributed by atoms with van der Waals surface area (Å²) in [7, 11) is 0. The van der Waals surface area contributed by atoms with Crippen LogP contribution in [0.15, 0.2) is 33.5 Å². The van der Waals surface area contributed by atoms with Crippen LogP contribution in [0.3, 0.4) is 0 Å². The largest absolute Gasteiger partial charge is 0.298 e. The molecule has 3 nitrogen and oxygen atoms in total. The molecule has 1 heterocycles. The molecular weight excluding hydrogens is 316 g/mol. The number of aryl methyl sites for hydroxylation is 1. The van der Waals surface area contributed by atoms with Gasteiger partial charge in [0.05, 0.1) is 12.2 Å². The number of H-pyrrole nitrogens is 1. The zero-order valence-electron chi connectivity index (χ0n) is 11.7. The monoisotopic (exact) mass is 334 g/mol. The highest BCUT2D eigenvalue weighted by Crippen LogP contribution is 2.35.